The first-order valence-corrected chi connectivity index (χ1v) is 10.7. The van der Waals surface area contributed by atoms with Crippen LogP contribution in [0.15, 0.2) is 24.3 Å². The number of hydrogen-bond donors (Lipinski definition) is 3. The zero-order chi connectivity index (χ0) is 23.8. The van der Waals surface area contributed by atoms with Crippen LogP contribution in [0.25, 0.3) is 0 Å². The zero-order valence-corrected chi connectivity index (χ0v) is 19.7. The van der Waals surface area contributed by atoms with Gasteiger partial charge in [-0.15, -0.1) is 0 Å². The Kier molecular flexibility index (Phi) is 9.97. The first-order chi connectivity index (χ1) is 14.4. The Morgan fingerprint density at radius 1 is 1.16 bits per heavy atom. The minimum atomic E-state index is -1.24. The topological polar surface area (TPSA) is 108 Å². The van der Waals surface area contributed by atoms with Crippen molar-refractivity contribution in [2.24, 2.45) is 0 Å². The molecule has 1 rings (SSSR count). The Morgan fingerprint density at radius 2 is 1.81 bits per heavy atom. The van der Waals surface area contributed by atoms with Crippen LogP contribution in [0, 0.1) is 6.92 Å². The summed E-state index contributed by atoms with van der Waals surface area (Å²) < 4.78 is 5.21. The van der Waals surface area contributed by atoms with Crippen molar-refractivity contribution in [1.29, 1.82) is 0 Å². The SMILES string of the molecule is CCCN(C(=O)C(CO)NC(=O)OC(C)(C)C)C(C(=O)NC(C)C)c1cccc(C)c1. The van der Waals surface area contributed by atoms with E-state index in [1.54, 1.807) is 26.8 Å². The number of hydrogen-bond acceptors (Lipinski definition) is 5. The van der Waals surface area contributed by atoms with Gasteiger partial charge in [-0.05, 0) is 53.5 Å². The third kappa shape index (κ3) is 8.57. The largest absolute Gasteiger partial charge is 0.444 e. The van der Waals surface area contributed by atoms with Crippen molar-refractivity contribution >= 4 is 17.9 Å². The number of amides is 3. The second-order valence-electron chi connectivity index (χ2n) is 8.89. The van der Waals surface area contributed by atoms with E-state index in [-0.39, 0.29) is 18.5 Å². The molecule has 0 spiro atoms. The molecule has 0 aliphatic rings. The summed E-state index contributed by atoms with van der Waals surface area (Å²) >= 11 is 0. The number of benzene rings is 1. The van der Waals surface area contributed by atoms with Crippen LogP contribution in [0.1, 0.15) is 65.1 Å². The van der Waals surface area contributed by atoms with E-state index in [2.05, 4.69) is 10.6 Å². The van der Waals surface area contributed by atoms with E-state index in [9.17, 15) is 19.5 Å². The molecule has 8 nitrogen and oxygen atoms in total. The van der Waals surface area contributed by atoms with Gasteiger partial charge in [0.2, 0.25) is 11.8 Å². The van der Waals surface area contributed by atoms with E-state index in [0.29, 0.717) is 12.0 Å². The highest BCUT2D eigenvalue weighted by molar-refractivity contribution is 5.92. The molecule has 3 amide bonds. The van der Waals surface area contributed by atoms with Crippen molar-refractivity contribution in [3.05, 3.63) is 35.4 Å². The van der Waals surface area contributed by atoms with Crippen LogP contribution in [-0.2, 0) is 14.3 Å². The van der Waals surface area contributed by atoms with Crippen LogP contribution in [-0.4, -0.2) is 58.8 Å². The van der Waals surface area contributed by atoms with Crippen molar-refractivity contribution in [3.8, 4) is 0 Å². The van der Waals surface area contributed by atoms with E-state index in [4.69, 9.17) is 4.74 Å². The van der Waals surface area contributed by atoms with Crippen molar-refractivity contribution in [3.63, 3.8) is 0 Å². The number of alkyl carbamates (subject to hydrolysis) is 1. The number of nitrogens with zero attached hydrogens (tertiary/aromatic N) is 1. The zero-order valence-electron chi connectivity index (χ0n) is 19.7. The highest BCUT2D eigenvalue weighted by atomic mass is 16.6. The first-order valence-electron chi connectivity index (χ1n) is 10.7. The fourth-order valence-electron chi connectivity index (χ4n) is 3.12. The van der Waals surface area contributed by atoms with Crippen LogP contribution in [0.5, 0.6) is 0 Å². The smallest absolute Gasteiger partial charge is 0.408 e. The summed E-state index contributed by atoms with van der Waals surface area (Å²) in [5.74, 6) is -0.878. The summed E-state index contributed by atoms with van der Waals surface area (Å²) in [5, 5.41) is 15.1. The van der Waals surface area contributed by atoms with Gasteiger partial charge < -0.3 is 25.4 Å². The molecule has 1 aromatic carbocycles. The van der Waals surface area contributed by atoms with E-state index in [0.717, 1.165) is 5.56 Å². The van der Waals surface area contributed by atoms with Gasteiger partial charge in [0.05, 0.1) is 6.61 Å². The standard InChI is InChI=1S/C23H37N3O5/c1-8-12-26(21(29)18(14-27)25-22(30)31-23(5,6)7)19(20(28)24-15(2)3)17-11-9-10-16(4)13-17/h9-11,13,15,18-19,27H,8,12,14H2,1-7H3,(H,24,28)(H,25,30). The summed E-state index contributed by atoms with van der Waals surface area (Å²) in [6.45, 7) is 12.3. The maximum atomic E-state index is 13.4. The Morgan fingerprint density at radius 3 is 2.29 bits per heavy atom. The normalized spacial score (nSPS) is 13.3. The molecule has 0 aliphatic heterocycles. The molecule has 0 heterocycles. The van der Waals surface area contributed by atoms with Crippen molar-refractivity contribution in [2.75, 3.05) is 13.2 Å². The van der Waals surface area contributed by atoms with Gasteiger partial charge in [0, 0.05) is 12.6 Å². The molecule has 3 N–H and O–H groups in total. The van der Waals surface area contributed by atoms with E-state index in [1.807, 2.05) is 45.9 Å². The molecule has 31 heavy (non-hydrogen) atoms. The summed E-state index contributed by atoms with van der Waals surface area (Å²) in [4.78, 5) is 40.1. The minimum absolute atomic E-state index is 0.119. The molecule has 0 bridgehead atoms. The third-order valence-electron chi connectivity index (χ3n) is 4.27. The van der Waals surface area contributed by atoms with E-state index >= 15 is 0 Å². The van der Waals surface area contributed by atoms with E-state index < -0.39 is 36.3 Å². The van der Waals surface area contributed by atoms with Gasteiger partial charge in [-0.3, -0.25) is 9.59 Å². The van der Waals surface area contributed by atoms with Crippen molar-refractivity contribution in [1.82, 2.24) is 15.5 Å². The van der Waals surface area contributed by atoms with Crippen molar-refractivity contribution in [2.45, 2.75) is 78.6 Å². The monoisotopic (exact) mass is 435 g/mol. The first kappa shape index (κ1) is 26.4. The van der Waals surface area contributed by atoms with E-state index in [1.165, 1.54) is 4.90 Å². The van der Waals surface area contributed by atoms with Gasteiger partial charge >= 0.3 is 6.09 Å². The number of aliphatic hydroxyl groups excluding tert-OH is 1. The van der Waals surface area contributed by atoms with Crippen LogP contribution in [0.4, 0.5) is 4.79 Å². The predicted molar refractivity (Wildman–Crippen MR) is 119 cm³/mol. The Bertz CT molecular complexity index is 758. The lowest BCUT2D eigenvalue weighted by atomic mass is 10.0. The third-order valence-corrected chi connectivity index (χ3v) is 4.27. The van der Waals surface area contributed by atoms with Gasteiger partial charge in [0.1, 0.15) is 17.7 Å². The molecule has 8 heteroatoms. The summed E-state index contributed by atoms with van der Waals surface area (Å²) in [7, 11) is 0. The molecule has 0 saturated carbocycles. The van der Waals surface area contributed by atoms with Gasteiger partial charge in [-0.1, -0.05) is 36.8 Å². The molecule has 1 aromatic rings. The number of rotatable bonds is 9. The number of carbonyl (C=O) groups is 3. The number of nitrogens with one attached hydrogen (secondary N) is 2. The quantitative estimate of drug-likeness (QED) is 0.553. The van der Waals surface area contributed by atoms with Gasteiger partial charge in [0.15, 0.2) is 0 Å². The predicted octanol–water partition coefficient (Wildman–Crippen LogP) is 2.68. The molecule has 0 aromatic heterocycles. The van der Waals surface area contributed by atoms with Crippen molar-refractivity contribution < 1.29 is 24.2 Å². The summed E-state index contributed by atoms with van der Waals surface area (Å²) in [6.07, 6.45) is -0.219. The highest BCUT2D eigenvalue weighted by Crippen LogP contribution is 2.24. The fourth-order valence-corrected chi connectivity index (χ4v) is 3.12. The fraction of sp³-hybridized carbons (Fsp3) is 0.609. The Labute approximate surface area is 185 Å². The molecular weight excluding hydrogens is 398 g/mol. The van der Waals surface area contributed by atoms with Gasteiger partial charge in [-0.25, -0.2) is 4.79 Å². The number of aryl methyl sites for hydroxylation is 1. The molecular formula is C23H37N3O5. The van der Waals surface area contributed by atoms with Gasteiger partial charge in [0.25, 0.3) is 0 Å². The molecule has 0 aliphatic carbocycles. The van der Waals surface area contributed by atoms with Crippen LogP contribution < -0.4 is 10.6 Å². The molecule has 174 valence electrons. The lowest BCUT2D eigenvalue weighted by Crippen LogP contribution is -2.55. The second kappa shape index (κ2) is 11.7. The Balaban J connectivity index is 3.29. The van der Waals surface area contributed by atoms with Crippen LogP contribution in [0.3, 0.4) is 0 Å². The molecule has 0 saturated heterocycles. The lowest BCUT2D eigenvalue weighted by Gasteiger charge is -2.34. The molecule has 2 unspecified atom stereocenters. The number of ether oxygens (including phenoxy) is 1. The maximum Gasteiger partial charge on any atom is 0.408 e. The minimum Gasteiger partial charge on any atom is -0.444 e. The van der Waals surface area contributed by atoms with Gasteiger partial charge in [-0.2, -0.15) is 0 Å². The average molecular weight is 436 g/mol. The average Bonchev–Trinajstić information content (AvgIpc) is 2.63. The second-order valence-corrected chi connectivity index (χ2v) is 8.89. The molecule has 0 radical (unpaired) electrons. The molecule has 0 fully saturated rings. The summed E-state index contributed by atoms with van der Waals surface area (Å²) in [6, 6.07) is 5.14. The molecule has 2 atom stereocenters. The van der Waals surface area contributed by atoms with Crippen LogP contribution >= 0.6 is 0 Å². The number of carbonyl (C=O) groups excluding carboxylic acids is 3. The maximum absolute atomic E-state index is 13.4. The Hall–Kier alpha value is -2.61. The van der Waals surface area contributed by atoms with Crippen LogP contribution in [0.2, 0.25) is 0 Å². The number of aliphatic hydroxyl groups is 1. The highest BCUT2D eigenvalue weighted by Gasteiger charge is 2.35. The summed E-state index contributed by atoms with van der Waals surface area (Å²) in [5.41, 5.74) is 0.862. The lowest BCUT2D eigenvalue weighted by molar-refractivity contribution is -0.143.